The Morgan fingerprint density at radius 3 is 2.45 bits per heavy atom. The van der Waals surface area contributed by atoms with Gasteiger partial charge in [-0.05, 0) is 6.42 Å². The molecule has 0 saturated carbocycles. The van der Waals surface area contributed by atoms with Crippen LogP contribution < -0.4 is 5.48 Å². The van der Waals surface area contributed by atoms with E-state index in [9.17, 15) is 14.6 Å². The third kappa shape index (κ3) is 7.48. The lowest BCUT2D eigenvalue weighted by Gasteiger charge is -2.06. The molecule has 0 heterocycles. The van der Waals surface area contributed by atoms with Crippen molar-refractivity contribution in [1.29, 1.82) is 0 Å². The molecule has 0 aromatic heterocycles. The van der Waals surface area contributed by atoms with E-state index in [-0.39, 0.29) is 19.0 Å². The van der Waals surface area contributed by atoms with Gasteiger partial charge in [0.1, 0.15) is 0 Å². The minimum Gasteiger partial charge on any atom is -0.759 e. The van der Waals surface area contributed by atoms with Gasteiger partial charge >= 0.3 is 7.60 Å². The Hall–Kier alpha value is -0.420. The van der Waals surface area contributed by atoms with E-state index in [1.54, 1.807) is 0 Å². The molecule has 0 aromatic rings. The third-order valence-corrected chi connectivity index (χ3v) is 1.87. The largest absolute Gasteiger partial charge is 0.759 e. The minimum atomic E-state index is -4.01. The molecule has 0 spiro atoms. The Labute approximate surface area is 63.3 Å². The van der Waals surface area contributed by atoms with Gasteiger partial charge in [0.15, 0.2) is 0 Å². The van der Waals surface area contributed by atoms with Crippen molar-refractivity contribution in [2.45, 2.75) is 12.8 Å². The summed E-state index contributed by atoms with van der Waals surface area (Å²) in [5, 5.41) is 9.59. The van der Waals surface area contributed by atoms with E-state index in [1.165, 1.54) is 0 Å². The summed E-state index contributed by atoms with van der Waals surface area (Å²) < 4.78 is 10.2. The van der Waals surface area contributed by atoms with Gasteiger partial charge in [-0.1, -0.05) is 0 Å². The van der Waals surface area contributed by atoms with Crippen LogP contribution in [0.25, 0.3) is 0 Å². The zero-order chi connectivity index (χ0) is 8.91. The maximum absolute atomic E-state index is 10.2. The molecule has 6 nitrogen and oxygen atoms in total. The molecular weight excluding hydrogens is 173 g/mol. The third-order valence-electron chi connectivity index (χ3n) is 0.967. The van der Waals surface area contributed by atoms with Gasteiger partial charge in [0.25, 0.3) is 0 Å². The van der Waals surface area contributed by atoms with Crippen LogP contribution in [-0.2, 0) is 9.36 Å². The number of amides is 1. The zero-order valence-electron chi connectivity index (χ0n) is 5.69. The lowest BCUT2D eigenvalue weighted by Crippen LogP contribution is -2.15. The molecule has 0 fully saturated rings. The van der Waals surface area contributed by atoms with E-state index in [0.717, 1.165) is 5.48 Å². The van der Waals surface area contributed by atoms with Crippen LogP contribution >= 0.6 is 7.60 Å². The second kappa shape index (κ2) is 4.46. The predicted molar refractivity (Wildman–Crippen MR) is 37.7 cm³/mol. The number of hydroxylamine groups is 1. The maximum Gasteiger partial charge on any atom is 0.325 e. The van der Waals surface area contributed by atoms with Crippen LogP contribution in [0.1, 0.15) is 12.8 Å². The summed E-state index contributed by atoms with van der Waals surface area (Å²) in [6.45, 7) is 0. The van der Waals surface area contributed by atoms with Crippen LogP contribution in [0, 0.1) is 5.21 Å². The first kappa shape index (κ1) is 10.6. The van der Waals surface area contributed by atoms with Crippen LogP contribution in [0.4, 0.5) is 0 Å². The van der Waals surface area contributed by atoms with Gasteiger partial charge in [-0.2, -0.15) is 0 Å². The molecule has 1 amide bonds. The van der Waals surface area contributed by atoms with Crippen LogP contribution in [0.2, 0.25) is 0 Å². The number of hydrogen-bond donors (Lipinski definition) is 3. The number of hydrogen-bond acceptors (Lipinski definition) is 3. The fourth-order valence-electron chi connectivity index (χ4n) is 0.497. The molecule has 7 heteroatoms. The molecule has 0 aliphatic carbocycles. The van der Waals surface area contributed by atoms with Gasteiger partial charge in [0.05, 0.1) is 6.16 Å². The number of carbonyl (C=O) groups excluding carboxylic acids is 1. The molecule has 66 valence electrons. The summed E-state index contributed by atoms with van der Waals surface area (Å²) in [5.41, 5.74) is 1.11. The van der Waals surface area contributed by atoms with E-state index < -0.39 is 13.5 Å². The molecule has 0 aliphatic rings. The lowest BCUT2D eigenvalue weighted by atomic mass is 10.3. The summed E-state index contributed by atoms with van der Waals surface area (Å²) in [7, 11) is -4.01. The summed E-state index contributed by atoms with van der Waals surface area (Å²) in [6.07, 6.45) is -0.479. The molecule has 0 aliphatic heterocycles. The van der Waals surface area contributed by atoms with Gasteiger partial charge < -0.3 is 20.5 Å². The first-order valence-electron chi connectivity index (χ1n) is 2.91. The Kier molecular flexibility index (Phi) is 4.29. The highest BCUT2D eigenvalue weighted by atomic mass is 31.2. The molecule has 0 rings (SSSR count). The van der Waals surface area contributed by atoms with Crippen molar-refractivity contribution in [2.75, 3.05) is 6.16 Å². The highest BCUT2D eigenvalue weighted by molar-refractivity contribution is 7.51. The molecule has 0 saturated heterocycles. The molecule has 0 radical (unpaired) electrons. The van der Waals surface area contributed by atoms with E-state index in [2.05, 4.69) is 0 Å². The molecule has 0 bridgehead atoms. The quantitative estimate of drug-likeness (QED) is 0.403. The maximum atomic E-state index is 10.2. The first-order valence-corrected chi connectivity index (χ1v) is 4.71. The van der Waals surface area contributed by atoms with Gasteiger partial charge in [0.2, 0.25) is 5.91 Å². The summed E-state index contributed by atoms with van der Waals surface area (Å²) in [4.78, 5) is 26.8. The minimum absolute atomic E-state index is 0.0261. The Morgan fingerprint density at radius 1 is 1.55 bits per heavy atom. The predicted octanol–water partition coefficient (Wildman–Crippen LogP) is -0.442. The molecule has 0 aromatic carbocycles. The topological polar surface area (TPSA) is 110 Å². The Balaban J connectivity index is 3.43. The van der Waals surface area contributed by atoms with Crippen LogP contribution in [-0.4, -0.2) is 21.9 Å². The summed E-state index contributed by atoms with van der Waals surface area (Å²) in [5.74, 6) is -0.751. The van der Waals surface area contributed by atoms with Gasteiger partial charge in [-0.3, -0.25) is 9.36 Å². The highest BCUT2D eigenvalue weighted by Crippen LogP contribution is 2.35. The van der Waals surface area contributed by atoms with E-state index in [1.807, 2.05) is 0 Å². The standard InChI is InChI=1S/C4H9NO5P/c6-4(5-7)2-1-3-11(8,9)10/h1-3H2,(H3-,5,6,7,8,9,10)/q-1. The van der Waals surface area contributed by atoms with E-state index >= 15 is 0 Å². The van der Waals surface area contributed by atoms with Crippen LogP contribution in [0.3, 0.4) is 0 Å². The average Bonchev–Trinajstić information content (AvgIpc) is 1.85. The van der Waals surface area contributed by atoms with Crippen molar-refractivity contribution in [3.8, 4) is 0 Å². The average molecular weight is 182 g/mol. The van der Waals surface area contributed by atoms with Crippen molar-refractivity contribution in [1.82, 2.24) is 5.48 Å². The second-order valence-corrected chi connectivity index (χ2v) is 3.79. The van der Waals surface area contributed by atoms with Crippen molar-refractivity contribution in [2.24, 2.45) is 0 Å². The first-order chi connectivity index (χ1) is 4.95. The zero-order valence-corrected chi connectivity index (χ0v) is 6.58. The monoisotopic (exact) mass is 182 g/mol. The number of carbonyl (C=O) groups is 1. The van der Waals surface area contributed by atoms with Gasteiger partial charge in [-0.25, -0.2) is 0 Å². The molecular formula is C4H9NO5P-. The van der Waals surface area contributed by atoms with Crippen molar-refractivity contribution in [3.63, 3.8) is 0 Å². The van der Waals surface area contributed by atoms with Gasteiger partial charge in [-0.15, -0.1) is 0 Å². The smallest absolute Gasteiger partial charge is 0.325 e. The highest BCUT2D eigenvalue weighted by Gasteiger charge is 2.12. The molecule has 11 heavy (non-hydrogen) atoms. The fraction of sp³-hybridized carbons (Fsp3) is 0.750. The van der Waals surface area contributed by atoms with E-state index in [4.69, 9.17) is 9.79 Å². The number of nitrogens with one attached hydrogen (secondary N) is 1. The van der Waals surface area contributed by atoms with Crippen LogP contribution in [0.15, 0.2) is 0 Å². The van der Waals surface area contributed by atoms with Crippen molar-refractivity contribution >= 4 is 13.5 Å². The van der Waals surface area contributed by atoms with Crippen LogP contribution in [0.5, 0.6) is 0 Å². The summed E-state index contributed by atoms with van der Waals surface area (Å²) >= 11 is 0. The van der Waals surface area contributed by atoms with Crippen molar-refractivity contribution < 1.29 is 19.1 Å². The van der Waals surface area contributed by atoms with E-state index in [0.29, 0.717) is 0 Å². The SMILES string of the molecule is O=C(CCCP(=O)(O)O)N[O-]. The molecule has 0 atom stereocenters. The number of rotatable bonds is 4. The van der Waals surface area contributed by atoms with Crippen molar-refractivity contribution in [3.05, 3.63) is 5.21 Å². The molecule has 0 unspecified atom stereocenters. The molecule has 3 N–H and O–H groups in total. The summed E-state index contributed by atoms with van der Waals surface area (Å²) in [6, 6.07) is 0. The lowest BCUT2D eigenvalue weighted by molar-refractivity contribution is -0.120. The van der Waals surface area contributed by atoms with Gasteiger partial charge in [0, 0.05) is 6.42 Å². The second-order valence-electron chi connectivity index (χ2n) is 2.02. The normalized spacial score (nSPS) is 11.2. The Morgan fingerprint density at radius 2 is 2.09 bits per heavy atom. The Bertz CT molecular complexity index is 175. The fourth-order valence-corrected chi connectivity index (χ4v) is 1.07.